The number of anilines is 1. The van der Waals surface area contributed by atoms with Crippen LogP contribution in [0.4, 0.5) is 10.5 Å². The van der Waals surface area contributed by atoms with Crippen LogP contribution >= 0.6 is 0 Å². The number of aryl methyl sites for hydroxylation is 1. The molecule has 0 radical (unpaired) electrons. The van der Waals surface area contributed by atoms with Gasteiger partial charge < -0.3 is 9.84 Å². The number of carbonyl (C=O) groups excluding carboxylic acids is 1. The summed E-state index contributed by atoms with van der Waals surface area (Å²) in [6.07, 6.45) is 1.84. The van der Waals surface area contributed by atoms with Crippen molar-refractivity contribution in [3.05, 3.63) is 29.3 Å². The molecule has 0 heterocycles. The molecule has 1 aliphatic rings. The zero-order valence-corrected chi connectivity index (χ0v) is 12.6. The molecule has 0 spiro atoms. The molecule has 2 rings (SSSR count). The summed E-state index contributed by atoms with van der Waals surface area (Å²) >= 11 is 0. The van der Waals surface area contributed by atoms with Gasteiger partial charge in [-0.2, -0.15) is 0 Å². The molecule has 0 saturated heterocycles. The molecule has 0 aliphatic heterocycles. The summed E-state index contributed by atoms with van der Waals surface area (Å²) in [4.78, 5) is 23.0. The van der Waals surface area contributed by atoms with Gasteiger partial charge in [-0.3, -0.25) is 10.1 Å². The van der Waals surface area contributed by atoms with E-state index < -0.39 is 23.6 Å². The van der Waals surface area contributed by atoms with Crippen LogP contribution in [0, 0.1) is 0 Å². The second-order valence-electron chi connectivity index (χ2n) is 6.32. The van der Waals surface area contributed by atoms with Crippen molar-refractivity contribution in [3.63, 3.8) is 0 Å². The van der Waals surface area contributed by atoms with E-state index in [0.717, 1.165) is 24.0 Å². The molecule has 0 bridgehead atoms. The van der Waals surface area contributed by atoms with Gasteiger partial charge in [0.05, 0.1) is 5.92 Å². The van der Waals surface area contributed by atoms with Gasteiger partial charge in [0.2, 0.25) is 0 Å². The van der Waals surface area contributed by atoms with E-state index in [0.29, 0.717) is 12.1 Å². The second-order valence-corrected chi connectivity index (χ2v) is 6.32. The van der Waals surface area contributed by atoms with E-state index in [-0.39, 0.29) is 0 Å². The summed E-state index contributed by atoms with van der Waals surface area (Å²) in [7, 11) is 0. The molecule has 5 heteroatoms. The van der Waals surface area contributed by atoms with Crippen molar-refractivity contribution in [2.24, 2.45) is 0 Å². The molecule has 5 nitrogen and oxygen atoms in total. The molecule has 0 aromatic heterocycles. The fourth-order valence-corrected chi connectivity index (χ4v) is 2.57. The van der Waals surface area contributed by atoms with Crippen molar-refractivity contribution in [1.82, 2.24) is 0 Å². The van der Waals surface area contributed by atoms with E-state index >= 15 is 0 Å². The number of aliphatic carboxylic acids is 1. The molecule has 0 saturated carbocycles. The van der Waals surface area contributed by atoms with E-state index in [4.69, 9.17) is 4.74 Å². The van der Waals surface area contributed by atoms with E-state index in [1.54, 1.807) is 32.9 Å². The van der Waals surface area contributed by atoms with Crippen LogP contribution in [0.2, 0.25) is 0 Å². The van der Waals surface area contributed by atoms with Gasteiger partial charge in [-0.05, 0) is 63.3 Å². The Bertz CT molecular complexity index is 560. The number of carboxylic acids is 1. The highest BCUT2D eigenvalue weighted by molar-refractivity contribution is 5.85. The van der Waals surface area contributed by atoms with Gasteiger partial charge in [0, 0.05) is 5.69 Å². The van der Waals surface area contributed by atoms with E-state index in [2.05, 4.69) is 5.32 Å². The number of hydrogen-bond donors (Lipinski definition) is 2. The smallest absolute Gasteiger partial charge is 0.412 e. The number of ether oxygens (including phenoxy) is 1. The first-order valence-corrected chi connectivity index (χ1v) is 7.12. The Morgan fingerprint density at radius 3 is 2.67 bits per heavy atom. The quantitative estimate of drug-likeness (QED) is 0.874. The minimum Gasteiger partial charge on any atom is -0.481 e. The fourth-order valence-electron chi connectivity index (χ4n) is 2.57. The van der Waals surface area contributed by atoms with Gasteiger partial charge in [0.25, 0.3) is 0 Å². The van der Waals surface area contributed by atoms with Crippen LogP contribution in [0.5, 0.6) is 0 Å². The highest BCUT2D eigenvalue weighted by Gasteiger charge is 2.26. The maximum absolute atomic E-state index is 11.7. The predicted octanol–water partition coefficient (Wildman–Crippen LogP) is 3.54. The van der Waals surface area contributed by atoms with E-state index in [1.807, 2.05) is 6.07 Å². The Hall–Kier alpha value is -2.04. The minimum atomic E-state index is -0.788. The maximum Gasteiger partial charge on any atom is 0.412 e. The number of carbonyl (C=O) groups is 2. The highest BCUT2D eigenvalue weighted by atomic mass is 16.6. The van der Waals surface area contributed by atoms with Gasteiger partial charge in [-0.25, -0.2) is 4.79 Å². The summed E-state index contributed by atoms with van der Waals surface area (Å²) in [5.74, 6) is -1.23. The first-order valence-electron chi connectivity index (χ1n) is 7.12. The first-order chi connectivity index (χ1) is 9.76. The van der Waals surface area contributed by atoms with Crippen LogP contribution in [0.15, 0.2) is 18.2 Å². The van der Waals surface area contributed by atoms with E-state index in [9.17, 15) is 14.7 Å². The van der Waals surface area contributed by atoms with Gasteiger partial charge >= 0.3 is 12.1 Å². The SMILES string of the molecule is CC(C)(C)OC(=O)Nc1ccc2c(c1)CCCC2C(=O)O. The van der Waals surface area contributed by atoms with E-state index in [1.165, 1.54) is 0 Å². The molecule has 1 aromatic rings. The normalized spacial score (nSPS) is 17.8. The summed E-state index contributed by atoms with van der Waals surface area (Å²) < 4.78 is 5.20. The molecular weight excluding hydrogens is 270 g/mol. The molecule has 1 unspecified atom stereocenters. The van der Waals surface area contributed by atoms with Gasteiger partial charge in [-0.15, -0.1) is 0 Å². The number of benzene rings is 1. The lowest BCUT2D eigenvalue weighted by Crippen LogP contribution is -2.27. The lowest BCUT2D eigenvalue weighted by molar-refractivity contribution is -0.139. The van der Waals surface area contributed by atoms with Crippen LogP contribution < -0.4 is 5.32 Å². The molecule has 0 fully saturated rings. The zero-order chi connectivity index (χ0) is 15.6. The molecule has 1 atom stereocenters. The number of amides is 1. The summed E-state index contributed by atoms with van der Waals surface area (Å²) in [6, 6.07) is 5.36. The predicted molar refractivity (Wildman–Crippen MR) is 79.6 cm³/mol. The van der Waals surface area contributed by atoms with Crippen molar-refractivity contribution in [2.45, 2.75) is 51.6 Å². The average Bonchev–Trinajstić information content (AvgIpc) is 2.35. The third kappa shape index (κ3) is 3.97. The van der Waals surface area contributed by atoms with Gasteiger partial charge in [0.1, 0.15) is 5.60 Å². The van der Waals surface area contributed by atoms with Crippen molar-refractivity contribution in [3.8, 4) is 0 Å². The Balaban J connectivity index is 2.14. The van der Waals surface area contributed by atoms with Crippen molar-refractivity contribution >= 4 is 17.7 Å². The van der Waals surface area contributed by atoms with Gasteiger partial charge in [-0.1, -0.05) is 6.07 Å². The number of hydrogen-bond acceptors (Lipinski definition) is 3. The summed E-state index contributed by atoms with van der Waals surface area (Å²) in [5, 5.41) is 11.9. The second kappa shape index (κ2) is 5.76. The fraction of sp³-hybridized carbons (Fsp3) is 0.500. The number of rotatable bonds is 2. The Kier molecular flexibility index (Phi) is 4.21. The molecule has 1 aromatic carbocycles. The minimum absolute atomic E-state index is 0.440. The number of fused-ring (bicyclic) bond motifs is 1. The third-order valence-electron chi connectivity index (χ3n) is 3.40. The molecule has 1 amide bonds. The summed E-state index contributed by atoms with van der Waals surface area (Å²) in [5.41, 5.74) is 1.92. The number of carboxylic acid groups (broad SMARTS) is 1. The Labute approximate surface area is 124 Å². The molecule has 1 aliphatic carbocycles. The standard InChI is InChI=1S/C16H21NO4/c1-16(2,3)21-15(20)17-11-7-8-12-10(9-11)5-4-6-13(12)14(18)19/h7-9,13H,4-6H2,1-3H3,(H,17,20)(H,18,19). The highest BCUT2D eigenvalue weighted by Crippen LogP contribution is 2.33. The Morgan fingerprint density at radius 2 is 2.05 bits per heavy atom. The third-order valence-corrected chi connectivity index (χ3v) is 3.40. The number of nitrogens with one attached hydrogen (secondary N) is 1. The van der Waals surface area contributed by atoms with Crippen LogP contribution in [-0.2, 0) is 16.0 Å². The lowest BCUT2D eigenvalue weighted by atomic mass is 9.82. The van der Waals surface area contributed by atoms with Crippen molar-refractivity contribution < 1.29 is 19.4 Å². The zero-order valence-electron chi connectivity index (χ0n) is 12.6. The van der Waals surface area contributed by atoms with Crippen LogP contribution in [-0.4, -0.2) is 22.8 Å². The maximum atomic E-state index is 11.7. The largest absolute Gasteiger partial charge is 0.481 e. The monoisotopic (exact) mass is 291 g/mol. The average molecular weight is 291 g/mol. The van der Waals surface area contributed by atoms with Gasteiger partial charge in [0.15, 0.2) is 0 Å². The molecule has 21 heavy (non-hydrogen) atoms. The molecular formula is C16H21NO4. The van der Waals surface area contributed by atoms with Crippen molar-refractivity contribution in [1.29, 1.82) is 0 Å². The molecule has 114 valence electrons. The lowest BCUT2D eigenvalue weighted by Gasteiger charge is -2.23. The Morgan fingerprint density at radius 1 is 1.33 bits per heavy atom. The van der Waals surface area contributed by atoms with Crippen LogP contribution in [0.1, 0.15) is 50.7 Å². The van der Waals surface area contributed by atoms with Crippen LogP contribution in [0.25, 0.3) is 0 Å². The summed E-state index contributed by atoms with van der Waals surface area (Å²) in [6.45, 7) is 5.41. The van der Waals surface area contributed by atoms with Crippen LogP contribution in [0.3, 0.4) is 0 Å². The van der Waals surface area contributed by atoms with Crippen molar-refractivity contribution in [2.75, 3.05) is 5.32 Å². The topological polar surface area (TPSA) is 75.6 Å². The molecule has 2 N–H and O–H groups in total. The first kappa shape index (κ1) is 15.4.